The van der Waals surface area contributed by atoms with Gasteiger partial charge in [-0.05, 0) is 12.5 Å². The molecule has 0 atom stereocenters. The fourth-order valence-corrected chi connectivity index (χ4v) is 1.11. The van der Waals surface area contributed by atoms with Crippen molar-refractivity contribution in [1.29, 1.82) is 0 Å². The molecule has 0 amide bonds. The Hall–Kier alpha value is -1.31. The molecule has 0 spiro atoms. The van der Waals surface area contributed by atoms with Gasteiger partial charge in [-0.25, -0.2) is 0 Å². The Kier molecular flexibility index (Phi) is 2.86. The van der Waals surface area contributed by atoms with E-state index in [2.05, 4.69) is 30.1 Å². The summed E-state index contributed by atoms with van der Waals surface area (Å²) in [6.45, 7) is 2.07. The molecule has 0 heterocycles. The fraction of sp³-hybridized carbons (Fsp3) is 0.300. The van der Waals surface area contributed by atoms with Crippen molar-refractivity contribution in [2.75, 3.05) is 7.05 Å². The highest BCUT2D eigenvalue weighted by Gasteiger charge is 1.95. The first kappa shape index (κ1) is 8.78. The Labute approximate surface area is 73.1 Å². The van der Waals surface area contributed by atoms with Gasteiger partial charge in [0.15, 0.2) is 0 Å². The van der Waals surface area contributed by atoms with Gasteiger partial charge in [-0.1, -0.05) is 29.8 Å². The third-order valence-corrected chi connectivity index (χ3v) is 1.75. The standard InChI is InChI=1S/C10H14N2/c1-8-4-3-5-9(6-8)7-10(11)12-2/h3-6H,7H2,1-2H3,(H2,11,12). The van der Waals surface area contributed by atoms with Gasteiger partial charge in [0.05, 0.1) is 5.84 Å². The van der Waals surface area contributed by atoms with E-state index in [-0.39, 0.29) is 0 Å². The van der Waals surface area contributed by atoms with Gasteiger partial charge in [0.1, 0.15) is 0 Å². The van der Waals surface area contributed by atoms with Gasteiger partial charge in [-0.2, -0.15) is 0 Å². The van der Waals surface area contributed by atoms with E-state index < -0.39 is 0 Å². The van der Waals surface area contributed by atoms with E-state index in [0.717, 1.165) is 6.42 Å². The molecule has 0 aromatic heterocycles. The molecule has 0 saturated heterocycles. The Balaban J connectivity index is 2.76. The topological polar surface area (TPSA) is 38.4 Å². The van der Waals surface area contributed by atoms with E-state index in [0.29, 0.717) is 5.84 Å². The smallest absolute Gasteiger partial charge is 0.0978 e. The van der Waals surface area contributed by atoms with Crippen LogP contribution in [-0.2, 0) is 6.42 Å². The van der Waals surface area contributed by atoms with Gasteiger partial charge >= 0.3 is 0 Å². The summed E-state index contributed by atoms with van der Waals surface area (Å²) >= 11 is 0. The molecule has 0 saturated carbocycles. The number of aryl methyl sites for hydroxylation is 1. The summed E-state index contributed by atoms with van der Waals surface area (Å²) in [5.74, 6) is 0.681. The molecule has 2 heteroatoms. The molecule has 0 fully saturated rings. The third kappa shape index (κ3) is 2.38. The number of aliphatic imine (C=N–C) groups is 1. The maximum absolute atomic E-state index is 5.61. The quantitative estimate of drug-likeness (QED) is 0.519. The van der Waals surface area contributed by atoms with E-state index in [1.54, 1.807) is 7.05 Å². The van der Waals surface area contributed by atoms with Gasteiger partial charge in [0.25, 0.3) is 0 Å². The number of nitrogens with two attached hydrogens (primary N) is 1. The van der Waals surface area contributed by atoms with Gasteiger partial charge in [-0.15, -0.1) is 0 Å². The summed E-state index contributed by atoms with van der Waals surface area (Å²) in [6.07, 6.45) is 0.748. The molecule has 0 aliphatic carbocycles. The molecule has 12 heavy (non-hydrogen) atoms. The van der Waals surface area contributed by atoms with Crippen LogP contribution in [0.1, 0.15) is 11.1 Å². The van der Waals surface area contributed by atoms with Crippen LogP contribution in [0.2, 0.25) is 0 Å². The molecule has 1 aromatic rings. The maximum atomic E-state index is 5.61. The van der Waals surface area contributed by atoms with Crippen molar-refractivity contribution in [2.24, 2.45) is 10.7 Å². The SMILES string of the molecule is CN=C(N)Cc1cccc(C)c1. The Morgan fingerprint density at radius 2 is 2.25 bits per heavy atom. The third-order valence-electron chi connectivity index (χ3n) is 1.75. The molecule has 0 aliphatic heterocycles. The summed E-state index contributed by atoms with van der Waals surface area (Å²) in [7, 11) is 1.71. The van der Waals surface area contributed by atoms with Crippen molar-refractivity contribution in [3.8, 4) is 0 Å². The van der Waals surface area contributed by atoms with Gasteiger partial charge in [0, 0.05) is 13.5 Å². The number of amidine groups is 1. The minimum atomic E-state index is 0.681. The summed E-state index contributed by atoms with van der Waals surface area (Å²) in [5.41, 5.74) is 8.09. The summed E-state index contributed by atoms with van der Waals surface area (Å²) in [5, 5.41) is 0. The molecule has 0 aliphatic rings. The predicted molar refractivity (Wildman–Crippen MR) is 52.4 cm³/mol. The van der Waals surface area contributed by atoms with Crippen molar-refractivity contribution in [3.05, 3.63) is 35.4 Å². The van der Waals surface area contributed by atoms with E-state index in [4.69, 9.17) is 5.73 Å². The van der Waals surface area contributed by atoms with Crippen LogP contribution >= 0.6 is 0 Å². The molecule has 1 aromatic carbocycles. The number of nitrogens with zero attached hydrogens (tertiary/aromatic N) is 1. The number of hydrogen-bond donors (Lipinski definition) is 1. The number of hydrogen-bond acceptors (Lipinski definition) is 1. The van der Waals surface area contributed by atoms with Crippen LogP contribution in [-0.4, -0.2) is 12.9 Å². The minimum Gasteiger partial charge on any atom is -0.387 e. The van der Waals surface area contributed by atoms with E-state index in [1.165, 1.54) is 11.1 Å². The molecule has 0 unspecified atom stereocenters. The van der Waals surface area contributed by atoms with Crippen LogP contribution in [0, 0.1) is 6.92 Å². The van der Waals surface area contributed by atoms with E-state index in [9.17, 15) is 0 Å². The average molecular weight is 162 g/mol. The van der Waals surface area contributed by atoms with Crippen LogP contribution in [0.5, 0.6) is 0 Å². The monoisotopic (exact) mass is 162 g/mol. The highest BCUT2D eigenvalue weighted by Crippen LogP contribution is 2.04. The lowest BCUT2D eigenvalue weighted by Crippen LogP contribution is -2.14. The van der Waals surface area contributed by atoms with E-state index >= 15 is 0 Å². The van der Waals surface area contributed by atoms with Crippen LogP contribution in [0.15, 0.2) is 29.3 Å². The lowest BCUT2D eigenvalue weighted by Gasteiger charge is -2.00. The number of rotatable bonds is 2. The molecule has 0 radical (unpaired) electrons. The van der Waals surface area contributed by atoms with Crippen molar-refractivity contribution < 1.29 is 0 Å². The van der Waals surface area contributed by atoms with Crippen LogP contribution in [0.4, 0.5) is 0 Å². The fourth-order valence-electron chi connectivity index (χ4n) is 1.11. The summed E-state index contributed by atoms with van der Waals surface area (Å²) < 4.78 is 0. The largest absolute Gasteiger partial charge is 0.387 e. The lowest BCUT2D eigenvalue weighted by molar-refractivity contribution is 1.23. The normalized spacial score (nSPS) is 11.7. The molecule has 2 N–H and O–H groups in total. The predicted octanol–water partition coefficient (Wildman–Crippen LogP) is 1.52. The average Bonchev–Trinajstić information content (AvgIpc) is 2.04. The van der Waals surface area contributed by atoms with Gasteiger partial charge in [0.2, 0.25) is 0 Å². The second-order valence-electron chi connectivity index (χ2n) is 2.88. The highest BCUT2D eigenvalue weighted by atomic mass is 14.8. The van der Waals surface area contributed by atoms with Crippen molar-refractivity contribution in [1.82, 2.24) is 0 Å². The van der Waals surface area contributed by atoms with Gasteiger partial charge in [-0.3, -0.25) is 4.99 Å². The molecule has 64 valence electrons. The lowest BCUT2D eigenvalue weighted by atomic mass is 10.1. The van der Waals surface area contributed by atoms with Crippen molar-refractivity contribution in [2.45, 2.75) is 13.3 Å². The van der Waals surface area contributed by atoms with Crippen LogP contribution < -0.4 is 5.73 Å². The van der Waals surface area contributed by atoms with E-state index in [1.807, 2.05) is 6.07 Å². The zero-order chi connectivity index (χ0) is 8.97. The Morgan fingerprint density at radius 1 is 1.50 bits per heavy atom. The first-order valence-corrected chi connectivity index (χ1v) is 3.99. The van der Waals surface area contributed by atoms with Crippen LogP contribution in [0.3, 0.4) is 0 Å². The van der Waals surface area contributed by atoms with Crippen LogP contribution in [0.25, 0.3) is 0 Å². The van der Waals surface area contributed by atoms with Gasteiger partial charge < -0.3 is 5.73 Å². The van der Waals surface area contributed by atoms with Crippen molar-refractivity contribution >= 4 is 5.84 Å². The maximum Gasteiger partial charge on any atom is 0.0978 e. The molecular weight excluding hydrogens is 148 g/mol. The molecule has 0 bridgehead atoms. The zero-order valence-electron chi connectivity index (χ0n) is 7.54. The highest BCUT2D eigenvalue weighted by molar-refractivity contribution is 5.82. The Bertz CT molecular complexity index is 290. The first-order valence-electron chi connectivity index (χ1n) is 3.99. The Morgan fingerprint density at radius 3 is 2.83 bits per heavy atom. The summed E-state index contributed by atoms with van der Waals surface area (Å²) in [6, 6.07) is 8.29. The summed E-state index contributed by atoms with van der Waals surface area (Å²) in [4.78, 5) is 3.91. The first-order chi connectivity index (χ1) is 5.72. The number of benzene rings is 1. The second kappa shape index (κ2) is 3.90. The zero-order valence-corrected chi connectivity index (χ0v) is 7.54. The second-order valence-corrected chi connectivity index (χ2v) is 2.88. The minimum absolute atomic E-state index is 0.681. The molecule has 1 rings (SSSR count). The molecule has 2 nitrogen and oxygen atoms in total. The van der Waals surface area contributed by atoms with Crippen molar-refractivity contribution in [3.63, 3.8) is 0 Å². The molecular formula is C10H14N2.